The van der Waals surface area contributed by atoms with Crippen molar-refractivity contribution in [1.82, 2.24) is 19.7 Å². The Morgan fingerprint density at radius 1 is 1.21 bits per heavy atom. The molecular formula is C23H30F3N4O3P. The summed E-state index contributed by atoms with van der Waals surface area (Å²) in [5, 5.41) is 5.39. The molecule has 34 heavy (non-hydrogen) atoms. The fourth-order valence-corrected chi connectivity index (χ4v) is 5.54. The van der Waals surface area contributed by atoms with E-state index in [1.807, 2.05) is 0 Å². The Morgan fingerprint density at radius 3 is 2.41 bits per heavy atom. The summed E-state index contributed by atoms with van der Waals surface area (Å²) in [6, 6.07) is 1.54. The van der Waals surface area contributed by atoms with Crippen LogP contribution in [-0.2, 0) is 9.30 Å². The molecule has 2 aliphatic rings. The van der Waals surface area contributed by atoms with Crippen molar-refractivity contribution in [2.45, 2.75) is 57.9 Å². The molecule has 1 atom stereocenters. The number of aromatic nitrogens is 3. The summed E-state index contributed by atoms with van der Waals surface area (Å²) in [4.78, 5) is 18.5. The van der Waals surface area contributed by atoms with Gasteiger partial charge in [-0.15, -0.1) is 0 Å². The number of halogens is 3. The lowest BCUT2D eigenvalue weighted by molar-refractivity contribution is -0.175. The number of hydrogen-bond donors (Lipinski definition) is 0. The molecule has 0 aromatic carbocycles. The summed E-state index contributed by atoms with van der Waals surface area (Å²) >= 11 is 0. The van der Waals surface area contributed by atoms with Crippen LogP contribution in [0, 0.1) is 5.92 Å². The minimum absolute atomic E-state index is 0.000718. The molecule has 1 aliphatic heterocycles. The van der Waals surface area contributed by atoms with Crippen LogP contribution in [0.3, 0.4) is 0 Å². The molecule has 1 aliphatic carbocycles. The summed E-state index contributed by atoms with van der Waals surface area (Å²) in [5.74, 6) is -1.35. The zero-order valence-corrected chi connectivity index (χ0v) is 20.9. The molecule has 3 heterocycles. The van der Waals surface area contributed by atoms with Crippen molar-refractivity contribution < 1.29 is 27.3 Å². The molecule has 1 saturated heterocycles. The molecule has 0 spiro atoms. The van der Waals surface area contributed by atoms with Gasteiger partial charge in [-0.3, -0.25) is 9.67 Å². The number of carbonyl (C=O) groups is 1. The number of pyridine rings is 1. The van der Waals surface area contributed by atoms with Gasteiger partial charge in [0.15, 0.2) is 0 Å². The van der Waals surface area contributed by atoms with Gasteiger partial charge in [0.05, 0.1) is 17.5 Å². The van der Waals surface area contributed by atoms with Crippen LogP contribution in [0.15, 0.2) is 18.3 Å². The van der Waals surface area contributed by atoms with Gasteiger partial charge in [-0.2, -0.15) is 18.3 Å². The zero-order valence-electron chi connectivity index (χ0n) is 20.0. The number of carbonyl (C=O) groups excluding carboxylic acids is 1. The number of allylic oxidation sites excluding steroid dienone is 2. The topological polar surface area (TPSA) is 77.3 Å². The van der Waals surface area contributed by atoms with Crippen molar-refractivity contribution in [1.29, 1.82) is 0 Å². The van der Waals surface area contributed by atoms with Gasteiger partial charge in [0, 0.05) is 24.6 Å². The molecule has 4 rings (SSSR count). The van der Waals surface area contributed by atoms with E-state index in [2.05, 4.69) is 4.98 Å². The molecule has 1 unspecified atom stereocenters. The van der Waals surface area contributed by atoms with Crippen LogP contribution in [0.5, 0.6) is 0 Å². The predicted octanol–water partition coefficient (Wildman–Crippen LogP) is 5.22. The quantitative estimate of drug-likeness (QED) is 0.543. The van der Waals surface area contributed by atoms with Crippen LogP contribution in [0.2, 0.25) is 0 Å². The highest BCUT2D eigenvalue weighted by Crippen LogP contribution is 2.43. The molecular weight excluding hydrogens is 468 g/mol. The summed E-state index contributed by atoms with van der Waals surface area (Å²) in [5.41, 5.74) is 1.80. The SMILES string of the molecule is CC(C)(C)OC(=O)N1CC(n2nc(C3=CCC(C(F)(F)F)CC3)c3nccc(P(C)(C)=O)c32)C1. The van der Waals surface area contributed by atoms with Crippen LogP contribution < -0.4 is 5.30 Å². The molecule has 11 heteroatoms. The molecule has 0 saturated carbocycles. The first-order valence-electron chi connectivity index (χ1n) is 11.3. The Bertz CT molecular complexity index is 1190. The number of fused-ring (bicyclic) bond motifs is 1. The van der Waals surface area contributed by atoms with Gasteiger partial charge in [0.1, 0.15) is 24.0 Å². The highest BCUT2D eigenvalue weighted by atomic mass is 31.2. The average molecular weight is 498 g/mol. The maximum atomic E-state index is 13.1. The van der Waals surface area contributed by atoms with Gasteiger partial charge < -0.3 is 14.2 Å². The first-order chi connectivity index (χ1) is 15.6. The molecule has 1 fully saturated rings. The lowest BCUT2D eigenvalue weighted by Gasteiger charge is -2.40. The first-order valence-corrected chi connectivity index (χ1v) is 13.9. The maximum absolute atomic E-state index is 13.1. The summed E-state index contributed by atoms with van der Waals surface area (Å²) in [6.45, 7) is 9.47. The fraction of sp³-hybridized carbons (Fsp3) is 0.609. The van der Waals surface area contributed by atoms with Gasteiger partial charge in [-0.25, -0.2) is 4.79 Å². The van der Waals surface area contributed by atoms with Crippen LogP contribution in [-0.4, -0.2) is 64.0 Å². The highest BCUT2D eigenvalue weighted by molar-refractivity contribution is 7.70. The second kappa shape index (κ2) is 8.40. The summed E-state index contributed by atoms with van der Waals surface area (Å²) in [7, 11) is -2.71. The third-order valence-corrected chi connectivity index (χ3v) is 7.70. The van der Waals surface area contributed by atoms with Crippen molar-refractivity contribution in [2.75, 3.05) is 26.4 Å². The average Bonchev–Trinajstić information content (AvgIpc) is 3.03. The maximum Gasteiger partial charge on any atom is 0.410 e. The lowest BCUT2D eigenvalue weighted by Crippen LogP contribution is -2.52. The van der Waals surface area contributed by atoms with Gasteiger partial charge in [0.2, 0.25) is 0 Å². The highest BCUT2D eigenvalue weighted by Gasteiger charge is 2.41. The van der Waals surface area contributed by atoms with Crippen LogP contribution >= 0.6 is 7.14 Å². The van der Waals surface area contributed by atoms with Crippen molar-refractivity contribution in [3.8, 4) is 0 Å². The van der Waals surface area contributed by atoms with Gasteiger partial charge >= 0.3 is 12.3 Å². The van der Waals surface area contributed by atoms with Gasteiger partial charge in [-0.05, 0) is 65.0 Å². The van der Waals surface area contributed by atoms with E-state index in [9.17, 15) is 22.5 Å². The summed E-state index contributed by atoms with van der Waals surface area (Å²) < 4.78 is 59.7. The molecule has 186 valence electrons. The van der Waals surface area contributed by atoms with Crippen LogP contribution in [0.1, 0.15) is 51.8 Å². The number of rotatable bonds is 3. The smallest absolute Gasteiger partial charge is 0.410 e. The number of amides is 1. The van der Waals surface area contributed by atoms with E-state index in [0.717, 1.165) is 5.57 Å². The van der Waals surface area contributed by atoms with Crippen molar-refractivity contribution >= 4 is 35.1 Å². The van der Waals surface area contributed by atoms with E-state index in [1.54, 1.807) is 62.0 Å². The molecule has 1 amide bonds. The van der Waals surface area contributed by atoms with Crippen molar-refractivity contribution in [3.05, 3.63) is 24.0 Å². The first kappa shape index (κ1) is 24.8. The molecule has 2 aromatic rings. The third kappa shape index (κ3) is 4.88. The minimum atomic E-state index is -4.22. The van der Waals surface area contributed by atoms with E-state index in [-0.39, 0.29) is 25.3 Å². The Morgan fingerprint density at radius 2 is 1.88 bits per heavy atom. The van der Waals surface area contributed by atoms with E-state index in [0.29, 0.717) is 35.1 Å². The number of likely N-dealkylation sites (tertiary alicyclic amines) is 1. The predicted molar refractivity (Wildman–Crippen MR) is 125 cm³/mol. The second-order valence-electron chi connectivity index (χ2n) is 10.5. The van der Waals surface area contributed by atoms with E-state index < -0.39 is 30.9 Å². The lowest BCUT2D eigenvalue weighted by atomic mass is 9.88. The minimum Gasteiger partial charge on any atom is -0.444 e. The fourth-order valence-electron chi connectivity index (χ4n) is 4.40. The van der Waals surface area contributed by atoms with Crippen molar-refractivity contribution in [3.63, 3.8) is 0 Å². The standard InChI is InChI=1S/C23H30F3N4O3P/c1-22(2,3)33-21(31)29-12-16(13-29)30-20-17(34(4,5)32)10-11-27-19(20)18(28-30)14-6-8-15(9-7-14)23(24,25)26/h6,10-11,15-16H,7-9,12-13H2,1-5H3. The van der Waals surface area contributed by atoms with E-state index >= 15 is 0 Å². The third-order valence-electron chi connectivity index (χ3n) is 6.18. The van der Waals surface area contributed by atoms with Crippen LogP contribution in [0.25, 0.3) is 16.6 Å². The van der Waals surface area contributed by atoms with Crippen LogP contribution in [0.4, 0.5) is 18.0 Å². The Balaban J connectivity index is 1.70. The Labute approximate surface area is 196 Å². The molecule has 0 bridgehead atoms. The van der Waals surface area contributed by atoms with E-state index in [1.165, 1.54) is 0 Å². The molecule has 0 radical (unpaired) electrons. The van der Waals surface area contributed by atoms with Gasteiger partial charge in [-0.1, -0.05) is 6.08 Å². The number of ether oxygens (including phenoxy) is 1. The molecule has 2 aromatic heterocycles. The monoisotopic (exact) mass is 498 g/mol. The number of alkyl halides is 3. The number of hydrogen-bond acceptors (Lipinski definition) is 5. The van der Waals surface area contributed by atoms with Gasteiger partial charge in [0.25, 0.3) is 0 Å². The number of nitrogens with zero attached hydrogens (tertiary/aromatic N) is 4. The Hall–Kier alpha value is -2.35. The van der Waals surface area contributed by atoms with Crippen molar-refractivity contribution in [2.24, 2.45) is 5.92 Å². The second-order valence-corrected chi connectivity index (χ2v) is 13.6. The summed E-state index contributed by atoms with van der Waals surface area (Å²) in [6.07, 6.45) is -1.31. The zero-order chi connectivity index (χ0) is 25.1. The van der Waals surface area contributed by atoms with E-state index in [4.69, 9.17) is 9.84 Å². The molecule has 0 N–H and O–H groups in total. The largest absolute Gasteiger partial charge is 0.444 e. The Kier molecular flexibility index (Phi) is 6.12. The normalized spacial score (nSPS) is 20.3. The molecule has 7 nitrogen and oxygen atoms in total.